The number of ether oxygens (including phenoxy) is 1. The van der Waals surface area contributed by atoms with Gasteiger partial charge >= 0.3 is 0 Å². The van der Waals surface area contributed by atoms with Crippen LogP contribution in [0.4, 0.5) is 26.1 Å². The van der Waals surface area contributed by atoms with Crippen LogP contribution in [0, 0.1) is 17.6 Å². The molecule has 0 amide bonds. The minimum atomic E-state index is -1.52. The zero-order chi connectivity index (χ0) is 35.5. The molecule has 0 saturated carbocycles. The lowest BCUT2D eigenvalue weighted by Gasteiger charge is -2.37. The van der Waals surface area contributed by atoms with Crippen LogP contribution in [-0.4, -0.2) is 88.4 Å². The van der Waals surface area contributed by atoms with Gasteiger partial charge in [0.1, 0.15) is 17.3 Å². The molecule has 4 aromatic rings. The molecule has 2 saturated heterocycles. The van der Waals surface area contributed by atoms with E-state index in [2.05, 4.69) is 36.0 Å². The molecule has 13 heteroatoms. The van der Waals surface area contributed by atoms with Crippen molar-refractivity contribution in [3.8, 4) is 0 Å². The highest BCUT2D eigenvalue weighted by Crippen LogP contribution is 2.31. The Labute approximate surface area is 294 Å². The van der Waals surface area contributed by atoms with Crippen molar-refractivity contribution in [2.45, 2.75) is 50.2 Å². The number of nitrogens with one attached hydrogen (secondary N) is 2. The zero-order valence-electron chi connectivity index (χ0n) is 29.0. The summed E-state index contributed by atoms with van der Waals surface area (Å²) in [4.78, 5) is 27.8. The van der Waals surface area contributed by atoms with E-state index in [9.17, 15) is 9.00 Å². The van der Waals surface area contributed by atoms with E-state index in [4.69, 9.17) is 9.72 Å². The van der Waals surface area contributed by atoms with Crippen LogP contribution in [0.5, 0.6) is 0 Å². The lowest BCUT2D eigenvalue weighted by atomic mass is 9.88. The second-order valence-corrected chi connectivity index (χ2v) is 15.1. The van der Waals surface area contributed by atoms with Gasteiger partial charge in [0.25, 0.3) is 5.56 Å². The third-order valence-electron chi connectivity index (χ3n) is 9.35. The molecule has 0 radical (unpaired) electrons. The highest BCUT2D eigenvalue weighted by atomic mass is 32.2. The number of hydrogen-bond donors (Lipinski definition) is 2. The molecule has 266 valence electrons. The maximum atomic E-state index is 15.6. The Morgan fingerprint density at radius 1 is 1.10 bits per heavy atom. The first kappa shape index (κ1) is 35.8. The highest BCUT2D eigenvalue weighted by Gasteiger charge is 2.25. The minimum Gasteiger partial charge on any atom is -0.381 e. The maximum Gasteiger partial charge on any atom is 0.260 e. The molecule has 0 bridgehead atoms. The monoisotopic (exact) mass is 705 g/mol. The Morgan fingerprint density at radius 2 is 1.84 bits per heavy atom. The van der Waals surface area contributed by atoms with E-state index in [1.165, 1.54) is 22.8 Å². The molecule has 2 aromatic carbocycles. The fourth-order valence-corrected chi connectivity index (χ4v) is 8.21. The van der Waals surface area contributed by atoms with Crippen LogP contribution < -0.4 is 21.1 Å². The normalized spacial score (nSPS) is 19.2. The number of anilines is 3. The van der Waals surface area contributed by atoms with Gasteiger partial charge in [0.15, 0.2) is 0 Å². The zero-order valence-corrected chi connectivity index (χ0v) is 29.9. The number of halogens is 2. The summed E-state index contributed by atoms with van der Waals surface area (Å²) in [6.07, 6.45) is 3.06. The number of allylic oxidation sites excluding steroid dienone is 1. The van der Waals surface area contributed by atoms with Gasteiger partial charge in [-0.15, -0.1) is 0 Å². The molecule has 4 heterocycles. The minimum absolute atomic E-state index is 0.0530. The molecule has 2 fully saturated rings. The van der Waals surface area contributed by atoms with Crippen molar-refractivity contribution in [3.05, 3.63) is 88.4 Å². The summed E-state index contributed by atoms with van der Waals surface area (Å²) in [5, 5.41) is 7.10. The van der Waals surface area contributed by atoms with E-state index in [0.29, 0.717) is 71.4 Å². The number of hydrogen-bond acceptors (Lipinski definition) is 9. The van der Waals surface area contributed by atoms with Crippen molar-refractivity contribution in [1.29, 1.82) is 0 Å². The van der Waals surface area contributed by atoms with Gasteiger partial charge in [-0.3, -0.25) is 13.6 Å². The Hall–Kier alpha value is -4.04. The van der Waals surface area contributed by atoms with E-state index in [1.54, 1.807) is 30.5 Å². The van der Waals surface area contributed by atoms with Crippen LogP contribution in [0.15, 0.2) is 64.9 Å². The Bertz CT molecular complexity index is 1950. The average molecular weight is 706 g/mol. The van der Waals surface area contributed by atoms with Crippen molar-refractivity contribution < 1.29 is 17.7 Å². The van der Waals surface area contributed by atoms with E-state index in [-0.39, 0.29) is 53.1 Å². The molecular formula is C37H45F2N7O3S. The number of benzene rings is 2. The van der Waals surface area contributed by atoms with Crippen molar-refractivity contribution in [1.82, 2.24) is 24.8 Å². The lowest BCUT2D eigenvalue weighted by Crippen LogP contribution is -2.54. The summed E-state index contributed by atoms with van der Waals surface area (Å²) >= 11 is 0. The van der Waals surface area contributed by atoms with Gasteiger partial charge in [-0.1, -0.05) is 12.6 Å². The topological polar surface area (TPSA) is 105 Å². The predicted octanol–water partition coefficient (Wildman–Crippen LogP) is 5.16. The molecule has 2 N–H and O–H groups in total. The van der Waals surface area contributed by atoms with Crippen LogP contribution in [0.25, 0.3) is 16.6 Å². The Morgan fingerprint density at radius 3 is 2.54 bits per heavy atom. The van der Waals surface area contributed by atoms with Crippen LogP contribution in [0.2, 0.25) is 0 Å². The second-order valence-electron chi connectivity index (χ2n) is 13.6. The lowest BCUT2D eigenvalue weighted by molar-refractivity contribution is 0.0808. The molecule has 0 aliphatic carbocycles. The predicted molar refractivity (Wildman–Crippen MR) is 196 cm³/mol. The number of pyridine rings is 1. The summed E-state index contributed by atoms with van der Waals surface area (Å²) in [5.74, 6) is -0.443. The van der Waals surface area contributed by atoms with Crippen molar-refractivity contribution in [3.63, 3.8) is 0 Å². The number of piperazine rings is 1. The summed E-state index contributed by atoms with van der Waals surface area (Å²) in [7, 11) is 2.25. The van der Waals surface area contributed by atoms with Gasteiger partial charge in [-0.2, -0.15) is 4.98 Å². The Kier molecular flexibility index (Phi) is 11.1. The molecule has 10 nitrogen and oxygen atoms in total. The van der Waals surface area contributed by atoms with Crippen molar-refractivity contribution in [2.75, 3.05) is 62.9 Å². The van der Waals surface area contributed by atoms with Crippen LogP contribution >= 0.6 is 0 Å². The maximum absolute atomic E-state index is 15.6. The Balaban J connectivity index is 1.39. The summed E-state index contributed by atoms with van der Waals surface area (Å²) in [6.45, 7) is 11.3. The average Bonchev–Trinajstić information content (AvgIpc) is 3.08. The van der Waals surface area contributed by atoms with E-state index in [1.807, 2.05) is 23.9 Å². The first-order chi connectivity index (χ1) is 24.0. The smallest absolute Gasteiger partial charge is 0.260 e. The first-order valence-electron chi connectivity index (χ1n) is 17.0. The third kappa shape index (κ3) is 7.96. The molecule has 2 aliphatic rings. The fraction of sp³-hybridized carbons (Fsp3) is 0.432. The summed E-state index contributed by atoms with van der Waals surface area (Å²) in [5.41, 5.74) is 2.06. The molecule has 3 atom stereocenters. The van der Waals surface area contributed by atoms with Crippen molar-refractivity contribution >= 4 is 44.7 Å². The second kappa shape index (κ2) is 15.5. The van der Waals surface area contributed by atoms with Gasteiger partial charge in [-0.25, -0.2) is 13.8 Å². The summed E-state index contributed by atoms with van der Waals surface area (Å²) < 4.78 is 51.4. The third-order valence-corrected chi connectivity index (χ3v) is 10.8. The fourth-order valence-electron chi connectivity index (χ4n) is 6.79. The number of fused-ring (bicyclic) bond motifs is 1. The standard InChI is InChI=1S/C37H45F2N7O3S/c1-23-20-45(21-24(2)41-23)33-10-9-28(18-32(33)39)42-37-40-19-27-17-29(25(3)26-11-14-49-15-12-26)36(47)46(35(27)43-37)22-30-31(38)7-6-8-34(30)50(48)16-13-44(4)5/h6-10,17-19,23-24,26,41H,3,11-16,20-22H2,1-2,4-5H3,(H,40,42,43)/t23-,24+,50?. The van der Waals surface area contributed by atoms with Crippen molar-refractivity contribution in [2.24, 2.45) is 5.92 Å². The first-order valence-corrected chi connectivity index (χ1v) is 18.4. The molecule has 2 aromatic heterocycles. The molecule has 1 unspecified atom stereocenters. The van der Waals surface area contributed by atoms with Crippen LogP contribution in [0.3, 0.4) is 0 Å². The molecule has 0 spiro atoms. The van der Waals surface area contributed by atoms with Crippen LogP contribution in [-0.2, 0) is 22.1 Å². The number of aromatic nitrogens is 3. The van der Waals surface area contributed by atoms with Gasteiger partial charge in [0.2, 0.25) is 5.95 Å². The molecular weight excluding hydrogens is 661 g/mol. The van der Waals surface area contributed by atoms with E-state index < -0.39 is 16.6 Å². The molecule has 50 heavy (non-hydrogen) atoms. The van der Waals surface area contributed by atoms with E-state index >= 15 is 8.78 Å². The SMILES string of the molecule is C=C(c1cc2cnc(Nc3ccc(N4C[C@@H](C)N[C@@H](C)C4)c(F)c3)nc2n(Cc2c(F)cccc2S(=O)CCN(C)C)c1=O)C1CCOCC1. The van der Waals surface area contributed by atoms with Gasteiger partial charge < -0.3 is 25.2 Å². The largest absolute Gasteiger partial charge is 0.381 e. The molecule has 2 aliphatic heterocycles. The quantitative estimate of drug-likeness (QED) is 0.219. The summed E-state index contributed by atoms with van der Waals surface area (Å²) in [6, 6.07) is 11.6. The van der Waals surface area contributed by atoms with Gasteiger partial charge in [0.05, 0.1) is 23.0 Å². The van der Waals surface area contributed by atoms with Gasteiger partial charge in [0, 0.05) is 84.0 Å². The van der Waals surface area contributed by atoms with E-state index in [0.717, 1.165) is 12.8 Å². The number of nitrogens with zero attached hydrogens (tertiary/aromatic N) is 5. The van der Waals surface area contributed by atoms with Gasteiger partial charge in [-0.05, 0) is 88.7 Å². The molecule has 6 rings (SSSR count). The highest BCUT2D eigenvalue weighted by molar-refractivity contribution is 7.85. The van der Waals surface area contributed by atoms with Crippen LogP contribution in [0.1, 0.15) is 37.8 Å². The number of rotatable bonds is 11.